The van der Waals surface area contributed by atoms with Crippen molar-refractivity contribution in [1.29, 1.82) is 0 Å². The van der Waals surface area contributed by atoms with Gasteiger partial charge in [0.2, 0.25) is 0 Å². The van der Waals surface area contributed by atoms with E-state index in [9.17, 15) is 43.2 Å². The average Bonchev–Trinajstić information content (AvgIpc) is 1.30. The van der Waals surface area contributed by atoms with Crippen molar-refractivity contribution >= 4 is 39.5 Å². The number of carbonyl (C=O) groups excluding carboxylic acids is 4. The van der Waals surface area contributed by atoms with Gasteiger partial charge in [-0.3, -0.25) is 37.3 Å². The van der Waals surface area contributed by atoms with Gasteiger partial charge in [0, 0.05) is 25.7 Å². The fourth-order valence-electron chi connectivity index (χ4n) is 11.6. The minimum atomic E-state index is -4.97. The van der Waals surface area contributed by atoms with E-state index in [1.54, 1.807) is 0 Å². The molecule has 0 fully saturated rings. The first-order valence-electron chi connectivity index (χ1n) is 40.2. The molecule has 0 aromatic carbocycles. The molecule has 0 rings (SSSR count). The third-order valence-electron chi connectivity index (χ3n) is 18.1. The van der Waals surface area contributed by atoms with Crippen LogP contribution in [0.4, 0.5) is 0 Å². The molecular formula is C79H150O17P2. The second kappa shape index (κ2) is 68.9. The highest BCUT2D eigenvalue weighted by Crippen LogP contribution is 2.45. The number of unbranched alkanes of at least 4 members (excludes halogenated alkanes) is 39. The molecule has 0 aliphatic carbocycles. The molecule has 0 saturated heterocycles. The Morgan fingerprint density at radius 3 is 0.908 bits per heavy atom. The molecule has 6 atom stereocenters. The average molecular weight is 1430 g/mol. The lowest BCUT2D eigenvalue weighted by Gasteiger charge is -2.21. The minimum absolute atomic E-state index is 0.101. The van der Waals surface area contributed by atoms with E-state index in [4.69, 9.17) is 37.0 Å². The zero-order chi connectivity index (χ0) is 72.3. The van der Waals surface area contributed by atoms with Gasteiger partial charge in [-0.15, -0.1) is 0 Å². The van der Waals surface area contributed by atoms with Gasteiger partial charge in [0.15, 0.2) is 12.2 Å². The van der Waals surface area contributed by atoms with E-state index >= 15 is 0 Å². The topological polar surface area (TPSA) is 237 Å². The van der Waals surface area contributed by atoms with Crippen LogP contribution in [0.25, 0.3) is 0 Å². The molecule has 0 aromatic rings. The molecule has 578 valence electrons. The number of hydrogen-bond acceptors (Lipinski definition) is 15. The summed E-state index contributed by atoms with van der Waals surface area (Å²) in [5.41, 5.74) is 0. The van der Waals surface area contributed by atoms with Gasteiger partial charge < -0.3 is 33.8 Å². The normalized spacial score (nSPS) is 14.4. The number of phosphoric acid groups is 2. The first-order valence-corrected chi connectivity index (χ1v) is 43.2. The summed E-state index contributed by atoms with van der Waals surface area (Å²) in [6.45, 7) is 11.9. The van der Waals surface area contributed by atoms with Crippen LogP contribution in [0.3, 0.4) is 0 Å². The van der Waals surface area contributed by atoms with Crippen LogP contribution in [0.1, 0.15) is 382 Å². The largest absolute Gasteiger partial charge is 0.472 e. The van der Waals surface area contributed by atoms with Gasteiger partial charge in [0.05, 0.1) is 26.4 Å². The van der Waals surface area contributed by atoms with Crippen LogP contribution < -0.4 is 0 Å². The Labute approximate surface area is 599 Å². The van der Waals surface area contributed by atoms with Crippen LogP contribution in [-0.4, -0.2) is 96.7 Å². The number of carbonyl (C=O) groups is 4. The van der Waals surface area contributed by atoms with E-state index in [0.717, 1.165) is 127 Å². The van der Waals surface area contributed by atoms with Crippen molar-refractivity contribution in [3.8, 4) is 0 Å². The summed E-state index contributed by atoms with van der Waals surface area (Å²) in [4.78, 5) is 72.9. The lowest BCUT2D eigenvalue weighted by Crippen LogP contribution is -2.30. The summed E-state index contributed by atoms with van der Waals surface area (Å²) in [5, 5.41) is 10.6. The van der Waals surface area contributed by atoms with Gasteiger partial charge >= 0.3 is 39.5 Å². The summed E-state index contributed by atoms with van der Waals surface area (Å²) in [6, 6.07) is 0. The number of phosphoric ester groups is 2. The van der Waals surface area contributed by atoms with E-state index in [1.807, 2.05) is 0 Å². The lowest BCUT2D eigenvalue weighted by molar-refractivity contribution is -0.161. The molecule has 98 heavy (non-hydrogen) atoms. The van der Waals surface area contributed by atoms with E-state index in [1.165, 1.54) is 173 Å². The maximum atomic E-state index is 13.1. The van der Waals surface area contributed by atoms with E-state index in [-0.39, 0.29) is 25.7 Å². The van der Waals surface area contributed by atoms with Crippen LogP contribution in [0.5, 0.6) is 0 Å². The Bertz CT molecular complexity index is 2000. The predicted molar refractivity (Wildman–Crippen MR) is 400 cm³/mol. The van der Waals surface area contributed by atoms with Crippen molar-refractivity contribution in [2.24, 2.45) is 17.8 Å². The standard InChI is InChI=1S/C79H150O17P2/c1-8-10-11-12-13-14-15-16-18-22-25-31-39-46-53-60-76(81)89-66-74(95-78(83)62-55-48-41-32-26-23-20-17-19-21-24-29-36-43-50-57-70(3)4)68-93-97(85,86)91-64-73(80)65-92-98(87,88)94-69-75(67-90-77(82)61-54-47-40-35-34-37-44-51-58-71(5)6)96-79(84)63-56-49-42-33-28-27-30-38-45-52-59-72(7)9-2/h14-16,18,70-75,80H,8-13,17,19-69H2,1-7H3,(H,85,86)(H,87,88)/b15-14-,18-16-/t72?,73-,74-,75-/m1/s1. The molecule has 0 aliphatic rings. The smallest absolute Gasteiger partial charge is 0.462 e. The van der Waals surface area contributed by atoms with Crippen LogP contribution in [0, 0.1) is 17.8 Å². The monoisotopic (exact) mass is 1430 g/mol. The van der Waals surface area contributed by atoms with Crippen molar-refractivity contribution in [2.45, 2.75) is 401 Å². The Morgan fingerprint density at radius 1 is 0.337 bits per heavy atom. The molecule has 19 heteroatoms. The Morgan fingerprint density at radius 2 is 0.602 bits per heavy atom. The van der Waals surface area contributed by atoms with Crippen molar-refractivity contribution in [2.75, 3.05) is 39.6 Å². The molecular weight excluding hydrogens is 1280 g/mol. The number of allylic oxidation sites excluding steroid dienone is 4. The number of aliphatic hydroxyl groups excluding tert-OH is 1. The number of esters is 4. The Hall–Kier alpha value is -2.46. The maximum Gasteiger partial charge on any atom is 0.472 e. The molecule has 17 nitrogen and oxygen atoms in total. The highest BCUT2D eigenvalue weighted by Gasteiger charge is 2.30. The van der Waals surface area contributed by atoms with E-state index in [2.05, 4.69) is 72.8 Å². The highest BCUT2D eigenvalue weighted by atomic mass is 31.2. The van der Waals surface area contributed by atoms with Gasteiger partial charge in [0.1, 0.15) is 19.3 Å². The molecule has 3 unspecified atom stereocenters. The lowest BCUT2D eigenvalue weighted by atomic mass is 9.99. The van der Waals surface area contributed by atoms with Gasteiger partial charge in [-0.05, 0) is 69.1 Å². The number of rotatable bonds is 75. The fourth-order valence-corrected chi connectivity index (χ4v) is 13.1. The highest BCUT2D eigenvalue weighted by molar-refractivity contribution is 7.47. The zero-order valence-corrected chi connectivity index (χ0v) is 65.5. The molecule has 0 aliphatic heterocycles. The van der Waals surface area contributed by atoms with E-state index in [0.29, 0.717) is 25.7 Å². The maximum absolute atomic E-state index is 13.1. The number of aliphatic hydroxyl groups is 1. The summed E-state index contributed by atoms with van der Waals surface area (Å²) in [6.07, 6.45) is 59.0. The van der Waals surface area contributed by atoms with Crippen LogP contribution in [0.15, 0.2) is 24.3 Å². The summed E-state index contributed by atoms with van der Waals surface area (Å²) in [5.74, 6) is 0.182. The zero-order valence-electron chi connectivity index (χ0n) is 63.7. The second-order valence-electron chi connectivity index (χ2n) is 29.0. The Kier molecular flexibility index (Phi) is 67.2. The van der Waals surface area contributed by atoms with Crippen molar-refractivity contribution in [3.63, 3.8) is 0 Å². The number of hydrogen-bond donors (Lipinski definition) is 3. The van der Waals surface area contributed by atoms with Gasteiger partial charge in [-0.1, -0.05) is 330 Å². The van der Waals surface area contributed by atoms with Gasteiger partial charge in [-0.25, -0.2) is 9.13 Å². The molecule has 0 spiro atoms. The van der Waals surface area contributed by atoms with Gasteiger partial charge in [0.25, 0.3) is 0 Å². The first kappa shape index (κ1) is 95.5. The summed E-state index contributed by atoms with van der Waals surface area (Å²) in [7, 11) is -9.93. The number of ether oxygens (including phenoxy) is 4. The van der Waals surface area contributed by atoms with Crippen LogP contribution in [-0.2, 0) is 65.4 Å². The van der Waals surface area contributed by atoms with Gasteiger partial charge in [-0.2, -0.15) is 0 Å². The van der Waals surface area contributed by atoms with Crippen LogP contribution >= 0.6 is 15.6 Å². The van der Waals surface area contributed by atoms with Crippen molar-refractivity contribution in [3.05, 3.63) is 24.3 Å². The minimum Gasteiger partial charge on any atom is -0.462 e. The summed E-state index contributed by atoms with van der Waals surface area (Å²) >= 11 is 0. The SMILES string of the molecule is CCCCCC/C=C\C=C/CCCCCCCC(=O)OC[C@H](COP(=O)(O)OC[C@@H](O)COP(=O)(O)OC[C@@H](COC(=O)CCCCCCCCCCC(C)C)OC(=O)CCCCCCCCCCCCC(C)CC)OC(=O)CCCCCCCCCCCCCCCCCC(C)C. The Balaban J connectivity index is 5.30. The fraction of sp³-hybridized carbons (Fsp3) is 0.899. The van der Waals surface area contributed by atoms with E-state index < -0.39 is 97.5 Å². The third-order valence-corrected chi connectivity index (χ3v) is 20.0. The molecule has 3 N–H and O–H groups in total. The quantitative estimate of drug-likeness (QED) is 0.0169. The van der Waals surface area contributed by atoms with Crippen LogP contribution in [0.2, 0.25) is 0 Å². The molecule has 0 aromatic heterocycles. The third kappa shape index (κ3) is 70.6. The van der Waals surface area contributed by atoms with Crippen molar-refractivity contribution in [1.82, 2.24) is 0 Å². The van der Waals surface area contributed by atoms with Crippen molar-refractivity contribution < 1.29 is 80.2 Å². The summed E-state index contributed by atoms with van der Waals surface area (Å²) < 4.78 is 68.6. The molecule has 0 amide bonds. The first-order chi connectivity index (χ1) is 47.3. The second-order valence-corrected chi connectivity index (χ2v) is 31.9. The molecule has 0 heterocycles. The molecule has 0 saturated carbocycles. The predicted octanol–water partition coefficient (Wildman–Crippen LogP) is 22.9. The molecule has 0 bridgehead atoms. The molecule has 0 radical (unpaired) electrons.